The van der Waals surface area contributed by atoms with E-state index in [9.17, 15) is 0 Å². The third kappa shape index (κ3) is 5.12. The van der Waals surface area contributed by atoms with Gasteiger partial charge in [-0.3, -0.25) is 0 Å². The van der Waals surface area contributed by atoms with E-state index in [4.69, 9.17) is 0 Å². The Morgan fingerprint density at radius 3 is 2.57 bits per heavy atom. The van der Waals surface area contributed by atoms with Crippen molar-refractivity contribution in [3.05, 3.63) is 34.9 Å². The van der Waals surface area contributed by atoms with Gasteiger partial charge < -0.3 is 10.2 Å². The lowest BCUT2D eigenvalue weighted by Gasteiger charge is -2.29. The number of aryl methyl sites for hydroxylation is 2. The summed E-state index contributed by atoms with van der Waals surface area (Å²) in [4.78, 5) is 2.67. The molecule has 1 aromatic rings. The maximum atomic E-state index is 3.70. The van der Waals surface area contributed by atoms with Crippen LogP contribution in [0.15, 0.2) is 18.2 Å². The lowest BCUT2D eigenvalue weighted by Crippen LogP contribution is -2.37. The molecule has 1 aliphatic rings. The van der Waals surface area contributed by atoms with Crippen LogP contribution in [0.5, 0.6) is 0 Å². The molecule has 0 saturated heterocycles. The molecule has 2 nitrogen and oxygen atoms in total. The maximum Gasteiger partial charge on any atom is 0.0451 e. The molecule has 118 valence electrons. The minimum absolute atomic E-state index is 0.459. The molecule has 0 radical (unpaired) electrons. The number of nitrogens with zero attached hydrogens (tertiary/aromatic N) is 1. The molecule has 2 rings (SSSR count). The maximum absolute atomic E-state index is 3.70. The molecule has 1 saturated carbocycles. The predicted molar refractivity (Wildman–Crippen MR) is 91.8 cm³/mol. The Bertz CT molecular complexity index is 437. The molecule has 1 aliphatic carbocycles. The van der Waals surface area contributed by atoms with Crippen molar-refractivity contribution in [1.29, 1.82) is 0 Å². The molecule has 0 spiro atoms. The van der Waals surface area contributed by atoms with E-state index in [0.717, 1.165) is 19.0 Å². The highest BCUT2D eigenvalue weighted by atomic mass is 15.2. The number of rotatable bonds is 9. The minimum Gasteiger partial charge on any atom is -0.309 e. The molecular weight excluding hydrogens is 256 g/mol. The Labute approximate surface area is 130 Å². The highest BCUT2D eigenvalue weighted by Crippen LogP contribution is 2.30. The topological polar surface area (TPSA) is 15.3 Å². The molecule has 1 fully saturated rings. The van der Waals surface area contributed by atoms with Crippen molar-refractivity contribution in [2.75, 3.05) is 26.2 Å². The van der Waals surface area contributed by atoms with E-state index in [0.29, 0.717) is 6.04 Å². The second-order valence-corrected chi connectivity index (χ2v) is 6.67. The largest absolute Gasteiger partial charge is 0.309 e. The van der Waals surface area contributed by atoms with Crippen LogP contribution in [-0.2, 0) is 0 Å². The second kappa shape index (κ2) is 7.95. The molecule has 2 heteroatoms. The molecule has 0 aliphatic heterocycles. The van der Waals surface area contributed by atoms with E-state index in [2.05, 4.69) is 56.1 Å². The Morgan fingerprint density at radius 1 is 1.24 bits per heavy atom. The van der Waals surface area contributed by atoms with Gasteiger partial charge in [0.1, 0.15) is 0 Å². The fourth-order valence-corrected chi connectivity index (χ4v) is 3.23. The number of likely N-dealkylation sites (N-methyl/N-ethyl adjacent to an activating group) is 1. The van der Waals surface area contributed by atoms with Gasteiger partial charge >= 0.3 is 0 Å². The number of nitrogens with one attached hydrogen (secondary N) is 1. The van der Waals surface area contributed by atoms with Crippen molar-refractivity contribution in [2.24, 2.45) is 5.92 Å². The predicted octanol–water partition coefficient (Wildman–Crippen LogP) is 4.08. The summed E-state index contributed by atoms with van der Waals surface area (Å²) in [6, 6.07) is 7.34. The third-order valence-electron chi connectivity index (χ3n) is 4.45. The van der Waals surface area contributed by atoms with Crippen LogP contribution in [0.3, 0.4) is 0 Å². The lowest BCUT2D eigenvalue weighted by molar-refractivity contribution is 0.234. The highest BCUT2D eigenvalue weighted by molar-refractivity contribution is 5.33. The zero-order valence-electron chi connectivity index (χ0n) is 14.3. The third-order valence-corrected chi connectivity index (χ3v) is 4.45. The minimum atomic E-state index is 0.459. The Kier molecular flexibility index (Phi) is 6.25. The smallest absolute Gasteiger partial charge is 0.0451 e. The standard InChI is InChI=1S/C19H32N2/c1-5-11-21(13-17-8-9-17)14-19(20-6-2)18-10-7-15(3)12-16(18)4/h7,10,12,17,19-20H,5-6,8-9,11,13-14H2,1-4H3. The van der Waals surface area contributed by atoms with Gasteiger partial charge in [0.25, 0.3) is 0 Å². The van der Waals surface area contributed by atoms with E-state index >= 15 is 0 Å². The van der Waals surface area contributed by atoms with Crippen molar-refractivity contribution < 1.29 is 0 Å². The van der Waals surface area contributed by atoms with Crippen molar-refractivity contribution >= 4 is 0 Å². The molecule has 0 amide bonds. The lowest BCUT2D eigenvalue weighted by atomic mass is 9.98. The van der Waals surface area contributed by atoms with Gasteiger partial charge in [-0.1, -0.05) is 37.6 Å². The van der Waals surface area contributed by atoms with Crippen LogP contribution >= 0.6 is 0 Å². The van der Waals surface area contributed by atoms with E-state index in [1.807, 2.05) is 0 Å². The van der Waals surface area contributed by atoms with Crippen molar-refractivity contribution in [3.63, 3.8) is 0 Å². The fraction of sp³-hybridized carbons (Fsp3) is 0.684. The monoisotopic (exact) mass is 288 g/mol. The Hall–Kier alpha value is -0.860. The van der Waals surface area contributed by atoms with E-state index in [1.54, 1.807) is 0 Å². The van der Waals surface area contributed by atoms with Gasteiger partial charge in [-0.2, -0.15) is 0 Å². The molecular formula is C19H32N2. The number of hydrogen-bond acceptors (Lipinski definition) is 2. The summed E-state index contributed by atoms with van der Waals surface area (Å²) in [6.07, 6.45) is 4.13. The second-order valence-electron chi connectivity index (χ2n) is 6.67. The van der Waals surface area contributed by atoms with Crippen molar-refractivity contribution in [3.8, 4) is 0 Å². The highest BCUT2D eigenvalue weighted by Gasteiger charge is 2.25. The molecule has 0 bridgehead atoms. The Morgan fingerprint density at radius 2 is 2.00 bits per heavy atom. The first-order valence-electron chi connectivity index (χ1n) is 8.66. The van der Waals surface area contributed by atoms with Crippen LogP contribution < -0.4 is 5.32 Å². The first kappa shape index (κ1) is 16.5. The summed E-state index contributed by atoms with van der Waals surface area (Å²) in [5, 5.41) is 3.70. The van der Waals surface area contributed by atoms with E-state index in [-0.39, 0.29) is 0 Å². The molecule has 0 aromatic heterocycles. The SMILES string of the molecule is CCCN(CC1CC1)CC(NCC)c1ccc(C)cc1C. The molecule has 1 unspecified atom stereocenters. The van der Waals surface area contributed by atoms with Gasteiger partial charge in [0, 0.05) is 19.1 Å². The summed E-state index contributed by atoms with van der Waals surface area (Å²) in [6.45, 7) is 13.6. The van der Waals surface area contributed by atoms with Crippen LogP contribution in [0.25, 0.3) is 0 Å². The summed E-state index contributed by atoms with van der Waals surface area (Å²) in [5.74, 6) is 0.970. The van der Waals surface area contributed by atoms with Gasteiger partial charge in [0.2, 0.25) is 0 Å². The van der Waals surface area contributed by atoms with Crippen molar-refractivity contribution in [2.45, 2.75) is 53.0 Å². The Balaban J connectivity index is 2.08. The van der Waals surface area contributed by atoms with Gasteiger partial charge in [-0.25, -0.2) is 0 Å². The van der Waals surface area contributed by atoms with Crippen LogP contribution in [0, 0.1) is 19.8 Å². The van der Waals surface area contributed by atoms with E-state index in [1.165, 1.54) is 49.0 Å². The van der Waals surface area contributed by atoms with Gasteiger partial charge in [-0.15, -0.1) is 0 Å². The van der Waals surface area contributed by atoms with Crippen LogP contribution in [-0.4, -0.2) is 31.1 Å². The van der Waals surface area contributed by atoms with E-state index < -0.39 is 0 Å². The number of benzene rings is 1. The van der Waals surface area contributed by atoms with Crippen LogP contribution in [0.1, 0.15) is 55.8 Å². The molecule has 1 N–H and O–H groups in total. The number of hydrogen-bond donors (Lipinski definition) is 1. The van der Waals surface area contributed by atoms with Gasteiger partial charge in [0.15, 0.2) is 0 Å². The zero-order valence-corrected chi connectivity index (χ0v) is 14.3. The van der Waals surface area contributed by atoms with Gasteiger partial charge in [-0.05, 0) is 63.2 Å². The first-order valence-corrected chi connectivity index (χ1v) is 8.66. The summed E-state index contributed by atoms with van der Waals surface area (Å²) in [7, 11) is 0. The summed E-state index contributed by atoms with van der Waals surface area (Å²) >= 11 is 0. The van der Waals surface area contributed by atoms with Crippen LogP contribution in [0.2, 0.25) is 0 Å². The molecule has 1 aromatic carbocycles. The first-order chi connectivity index (χ1) is 10.1. The average molecular weight is 288 g/mol. The summed E-state index contributed by atoms with van der Waals surface area (Å²) < 4.78 is 0. The summed E-state index contributed by atoms with van der Waals surface area (Å²) in [5.41, 5.74) is 4.25. The molecule has 0 heterocycles. The van der Waals surface area contributed by atoms with Crippen LogP contribution in [0.4, 0.5) is 0 Å². The molecule has 21 heavy (non-hydrogen) atoms. The average Bonchev–Trinajstić information content (AvgIpc) is 3.22. The normalized spacial score (nSPS) is 16.4. The molecule has 1 atom stereocenters. The van der Waals surface area contributed by atoms with Crippen molar-refractivity contribution in [1.82, 2.24) is 10.2 Å². The quantitative estimate of drug-likeness (QED) is 0.736. The fourth-order valence-electron chi connectivity index (χ4n) is 3.23. The zero-order chi connectivity index (χ0) is 15.2. The van der Waals surface area contributed by atoms with Gasteiger partial charge in [0.05, 0.1) is 0 Å².